The van der Waals surface area contributed by atoms with Gasteiger partial charge in [-0.1, -0.05) is 49.6 Å². The number of nitrogens with zero attached hydrogens (tertiary/aromatic N) is 3. The molecule has 1 heterocycles. The molecule has 1 saturated carbocycles. The van der Waals surface area contributed by atoms with E-state index in [1.165, 1.54) is 34.4 Å². The van der Waals surface area contributed by atoms with Crippen molar-refractivity contribution in [3.8, 4) is 0 Å². The molecule has 2 aromatic carbocycles. The Kier molecular flexibility index (Phi) is 10.9. The van der Waals surface area contributed by atoms with Crippen LogP contribution in [0.25, 0.3) is 0 Å². The Bertz CT molecular complexity index is 1250. The number of carbonyl (C=O) groups excluding carboxylic acids is 3. The SMILES string of the molecule is CCN(C[C@H](O)[C@H](Cc1ccccc1)NC(=O)c1cc(N2CCCCC2=O)cc([N+](=O)[O-])c1)C(=O)NC1CCCCC1. The molecule has 1 aliphatic carbocycles. The number of likely N-dealkylation sites (N-methyl/N-ethyl adjacent to an activating group) is 1. The number of nitro groups is 1. The zero-order chi connectivity index (χ0) is 30.1. The summed E-state index contributed by atoms with van der Waals surface area (Å²) in [4.78, 5) is 53.3. The number of rotatable bonds is 11. The Morgan fingerprint density at radius 3 is 2.50 bits per heavy atom. The van der Waals surface area contributed by atoms with E-state index in [2.05, 4.69) is 10.6 Å². The minimum Gasteiger partial charge on any atom is -0.389 e. The Hall–Kier alpha value is -3.99. The Morgan fingerprint density at radius 1 is 1.10 bits per heavy atom. The number of hydrogen-bond donors (Lipinski definition) is 3. The monoisotopic (exact) mass is 579 g/mol. The van der Waals surface area contributed by atoms with Crippen LogP contribution in [0.4, 0.5) is 16.2 Å². The van der Waals surface area contributed by atoms with Crippen molar-refractivity contribution in [3.63, 3.8) is 0 Å². The predicted molar refractivity (Wildman–Crippen MR) is 159 cm³/mol. The second kappa shape index (κ2) is 14.8. The summed E-state index contributed by atoms with van der Waals surface area (Å²) in [5, 5.41) is 29.0. The van der Waals surface area contributed by atoms with Crippen molar-refractivity contribution in [1.82, 2.24) is 15.5 Å². The van der Waals surface area contributed by atoms with E-state index >= 15 is 0 Å². The number of nitrogens with one attached hydrogen (secondary N) is 2. The van der Waals surface area contributed by atoms with E-state index in [4.69, 9.17) is 0 Å². The fraction of sp³-hybridized carbons (Fsp3) is 0.516. The lowest BCUT2D eigenvalue weighted by Gasteiger charge is -2.32. The summed E-state index contributed by atoms with van der Waals surface area (Å²) < 4.78 is 0. The molecule has 4 amide bonds. The maximum absolute atomic E-state index is 13.6. The zero-order valence-electron chi connectivity index (χ0n) is 24.2. The zero-order valence-corrected chi connectivity index (χ0v) is 24.2. The molecule has 0 aromatic heterocycles. The Morgan fingerprint density at radius 2 is 1.83 bits per heavy atom. The van der Waals surface area contributed by atoms with Gasteiger partial charge in [-0.3, -0.25) is 19.7 Å². The average molecular weight is 580 g/mol. The molecule has 11 nitrogen and oxygen atoms in total. The van der Waals surface area contributed by atoms with Crippen LogP contribution in [0.1, 0.15) is 74.2 Å². The summed E-state index contributed by atoms with van der Waals surface area (Å²) in [7, 11) is 0. The molecule has 42 heavy (non-hydrogen) atoms. The molecule has 2 fully saturated rings. The van der Waals surface area contributed by atoms with E-state index in [1.807, 2.05) is 37.3 Å². The molecule has 1 aliphatic heterocycles. The van der Waals surface area contributed by atoms with E-state index < -0.39 is 23.0 Å². The molecular weight excluding hydrogens is 538 g/mol. The molecule has 0 radical (unpaired) electrons. The lowest BCUT2D eigenvalue weighted by molar-refractivity contribution is -0.384. The van der Waals surface area contributed by atoms with E-state index in [0.717, 1.165) is 44.1 Å². The Balaban J connectivity index is 1.54. The number of anilines is 1. The van der Waals surface area contributed by atoms with Gasteiger partial charge in [-0.25, -0.2) is 4.79 Å². The number of hydrogen-bond acceptors (Lipinski definition) is 6. The van der Waals surface area contributed by atoms with Crippen molar-refractivity contribution in [3.05, 3.63) is 69.8 Å². The fourth-order valence-corrected chi connectivity index (χ4v) is 5.69. The van der Waals surface area contributed by atoms with Crippen molar-refractivity contribution in [2.75, 3.05) is 24.5 Å². The summed E-state index contributed by atoms with van der Waals surface area (Å²) in [6.45, 7) is 2.63. The van der Waals surface area contributed by atoms with Crippen LogP contribution in [0.3, 0.4) is 0 Å². The molecule has 0 spiro atoms. The lowest BCUT2D eigenvalue weighted by atomic mass is 9.96. The quantitative estimate of drug-likeness (QED) is 0.269. The lowest BCUT2D eigenvalue weighted by Crippen LogP contribution is -2.53. The maximum Gasteiger partial charge on any atom is 0.317 e. The molecule has 1 saturated heterocycles. The molecule has 0 unspecified atom stereocenters. The minimum atomic E-state index is -1.12. The first kappa shape index (κ1) is 31.0. The van der Waals surface area contributed by atoms with Crippen LogP contribution in [-0.4, -0.2) is 70.6 Å². The van der Waals surface area contributed by atoms with Crippen LogP contribution in [0.15, 0.2) is 48.5 Å². The third-order valence-electron chi connectivity index (χ3n) is 8.10. The number of carbonyl (C=O) groups is 3. The van der Waals surface area contributed by atoms with Gasteiger partial charge in [-0.15, -0.1) is 0 Å². The van der Waals surface area contributed by atoms with Crippen LogP contribution >= 0.6 is 0 Å². The number of benzene rings is 2. The second-order valence-electron chi connectivity index (χ2n) is 11.2. The molecule has 0 bridgehead atoms. The highest BCUT2D eigenvalue weighted by Gasteiger charge is 2.29. The highest BCUT2D eigenvalue weighted by atomic mass is 16.6. The fourth-order valence-electron chi connectivity index (χ4n) is 5.69. The standard InChI is InChI=1S/C31H41N5O6/c1-2-34(31(40)32-24-13-7-4-8-14-24)21-28(37)27(17-22-11-5-3-6-12-22)33-30(39)23-18-25(20-26(19-23)36(41)42)35-16-10-9-15-29(35)38/h3,5-6,11-12,18-20,24,27-28,37H,2,4,7-10,13-17,21H2,1H3,(H,32,40)(H,33,39)/t27-,28-/m0/s1. The number of amides is 4. The number of non-ortho nitro benzene ring substituents is 1. The normalized spacial score (nSPS) is 17.3. The first-order valence-electron chi connectivity index (χ1n) is 14.9. The van der Waals surface area contributed by atoms with Crippen molar-refractivity contribution < 1.29 is 24.4 Å². The maximum atomic E-state index is 13.6. The van der Waals surface area contributed by atoms with Gasteiger partial charge in [-0.05, 0) is 50.7 Å². The highest BCUT2D eigenvalue weighted by molar-refractivity contribution is 5.99. The van der Waals surface area contributed by atoms with Crippen molar-refractivity contribution in [2.24, 2.45) is 0 Å². The Labute approximate surface area is 246 Å². The molecule has 2 atom stereocenters. The van der Waals surface area contributed by atoms with Crippen LogP contribution in [0.5, 0.6) is 0 Å². The molecule has 4 rings (SSSR count). The smallest absolute Gasteiger partial charge is 0.317 e. The van der Waals surface area contributed by atoms with Gasteiger partial charge < -0.3 is 25.5 Å². The van der Waals surface area contributed by atoms with Crippen molar-refractivity contribution in [2.45, 2.75) is 82.9 Å². The topological polar surface area (TPSA) is 145 Å². The summed E-state index contributed by atoms with van der Waals surface area (Å²) in [6.07, 6.45) is 6.23. The van der Waals surface area contributed by atoms with Gasteiger partial charge in [0.15, 0.2) is 0 Å². The van der Waals surface area contributed by atoms with Crippen LogP contribution < -0.4 is 15.5 Å². The highest BCUT2D eigenvalue weighted by Crippen LogP contribution is 2.27. The van der Waals surface area contributed by atoms with Crippen LogP contribution in [0, 0.1) is 10.1 Å². The number of aliphatic hydroxyl groups is 1. The van der Waals surface area contributed by atoms with E-state index in [1.54, 1.807) is 0 Å². The van der Waals surface area contributed by atoms with E-state index in [9.17, 15) is 29.6 Å². The summed E-state index contributed by atoms with van der Waals surface area (Å²) in [5.41, 5.74) is 0.892. The van der Waals surface area contributed by atoms with Crippen LogP contribution in [0.2, 0.25) is 0 Å². The number of nitro benzene ring substituents is 1. The molecule has 3 N–H and O–H groups in total. The third kappa shape index (κ3) is 8.28. The van der Waals surface area contributed by atoms with E-state index in [0.29, 0.717) is 25.2 Å². The second-order valence-corrected chi connectivity index (χ2v) is 11.2. The van der Waals surface area contributed by atoms with Crippen molar-refractivity contribution in [1.29, 1.82) is 0 Å². The molecular formula is C31H41N5O6. The first-order chi connectivity index (χ1) is 20.2. The van der Waals surface area contributed by atoms with Gasteiger partial charge in [0.25, 0.3) is 11.6 Å². The molecule has 226 valence electrons. The largest absolute Gasteiger partial charge is 0.389 e. The van der Waals surface area contributed by atoms with Gasteiger partial charge in [0.1, 0.15) is 0 Å². The van der Waals surface area contributed by atoms with Gasteiger partial charge in [-0.2, -0.15) is 0 Å². The van der Waals surface area contributed by atoms with E-state index in [-0.39, 0.29) is 42.2 Å². The molecule has 11 heteroatoms. The minimum absolute atomic E-state index is 0.00466. The van der Waals surface area contributed by atoms with Gasteiger partial charge >= 0.3 is 6.03 Å². The number of urea groups is 1. The molecule has 2 aliphatic rings. The predicted octanol–water partition coefficient (Wildman–Crippen LogP) is 4.18. The summed E-state index contributed by atoms with van der Waals surface area (Å²) >= 11 is 0. The third-order valence-corrected chi connectivity index (χ3v) is 8.10. The van der Waals surface area contributed by atoms with Crippen molar-refractivity contribution >= 4 is 29.2 Å². The number of piperidine rings is 1. The average Bonchev–Trinajstić information content (AvgIpc) is 3.00. The summed E-state index contributed by atoms with van der Waals surface area (Å²) in [6, 6.07) is 12.4. The first-order valence-corrected chi connectivity index (χ1v) is 14.9. The molecule has 2 aromatic rings. The van der Waals surface area contributed by atoms with Gasteiger partial charge in [0.2, 0.25) is 5.91 Å². The number of aliphatic hydroxyl groups excluding tert-OH is 1. The van der Waals surface area contributed by atoms with Crippen LogP contribution in [-0.2, 0) is 11.2 Å². The summed E-state index contributed by atoms with van der Waals surface area (Å²) in [5.74, 6) is -0.754. The van der Waals surface area contributed by atoms with Gasteiger partial charge in [0.05, 0.1) is 29.3 Å². The van der Waals surface area contributed by atoms with Gasteiger partial charge in [0, 0.05) is 43.2 Å².